The van der Waals surface area contributed by atoms with Crippen molar-refractivity contribution in [2.45, 2.75) is 6.42 Å². The average Bonchev–Trinajstić information content (AvgIpc) is 2.83. The average molecular weight is 248 g/mol. The van der Waals surface area contributed by atoms with Crippen molar-refractivity contribution in [3.63, 3.8) is 0 Å². The predicted molar refractivity (Wildman–Crippen MR) is 63.2 cm³/mol. The minimum Gasteiger partial charge on any atom is -0.293 e. The van der Waals surface area contributed by atoms with E-state index in [9.17, 15) is 14.9 Å². The van der Waals surface area contributed by atoms with E-state index in [0.717, 1.165) is 5.56 Å². The second-order valence-corrected chi connectivity index (χ2v) is 4.28. The Morgan fingerprint density at radius 1 is 1.35 bits per heavy atom. The van der Waals surface area contributed by atoms with Crippen LogP contribution in [0.1, 0.15) is 15.2 Å². The summed E-state index contributed by atoms with van der Waals surface area (Å²) in [6, 6.07) is 5.98. The van der Waals surface area contributed by atoms with Gasteiger partial charge in [0.15, 0.2) is 5.78 Å². The number of carbonyl (C=O) groups is 1. The van der Waals surface area contributed by atoms with Crippen molar-refractivity contribution < 1.29 is 9.72 Å². The largest absolute Gasteiger partial charge is 0.293 e. The molecule has 0 fully saturated rings. The number of nitro benzene ring substituents is 1. The monoisotopic (exact) mass is 248 g/mol. The van der Waals surface area contributed by atoms with Gasteiger partial charge in [-0.2, -0.15) is 0 Å². The highest BCUT2D eigenvalue weighted by atomic mass is 32.1. The molecule has 6 heteroatoms. The number of ketones is 1. The summed E-state index contributed by atoms with van der Waals surface area (Å²) in [6.07, 6.45) is 1.76. The standard InChI is InChI=1S/C11H8N2O3S/c14-10(11-6-12-7-17-11)5-8-1-3-9(4-2-8)13(15)16/h1-4,6-7H,5H2. The Balaban J connectivity index is 2.09. The molecule has 17 heavy (non-hydrogen) atoms. The number of benzene rings is 1. The molecule has 0 radical (unpaired) electrons. The van der Waals surface area contributed by atoms with Gasteiger partial charge in [0.25, 0.3) is 5.69 Å². The number of hydrogen-bond donors (Lipinski definition) is 0. The topological polar surface area (TPSA) is 73.1 Å². The third-order valence-electron chi connectivity index (χ3n) is 2.22. The highest BCUT2D eigenvalue weighted by Crippen LogP contribution is 2.15. The van der Waals surface area contributed by atoms with Crippen LogP contribution in [-0.4, -0.2) is 15.7 Å². The summed E-state index contributed by atoms with van der Waals surface area (Å²) in [6.45, 7) is 0. The molecule has 0 unspecified atom stereocenters. The second kappa shape index (κ2) is 4.84. The fourth-order valence-electron chi connectivity index (χ4n) is 1.36. The molecule has 0 saturated heterocycles. The molecule has 0 aliphatic heterocycles. The van der Waals surface area contributed by atoms with Crippen LogP contribution in [0.25, 0.3) is 0 Å². The molecule has 2 aromatic rings. The van der Waals surface area contributed by atoms with E-state index in [1.54, 1.807) is 17.6 Å². The third kappa shape index (κ3) is 2.73. The van der Waals surface area contributed by atoms with Gasteiger partial charge in [-0.15, -0.1) is 11.3 Å². The minimum absolute atomic E-state index is 0.0265. The number of Topliss-reactive ketones (excluding diaryl/α,β-unsaturated/α-hetero) is 1. The number of hydrogen-bond acceptors (Lipinski definition) is 5. The number of thiazole rings is 1. The maximum atomic E-state index is 11.7. The van der Waals surface area contributed by atoms with Crippen molar-refractivity contribution in [2.75, 3.05) is 0 Å². The molecule has 1 aromatic heterocycles. The summed E-state index contributed by atoms with van der Waals surface area (Å²) in [7, 11) is 0. The Morgan fingerprint density at radius 2 is 2.06 bits per heavy atom. The molecule has 0 bridgehead atoms. The molecule has 0 spiro atoms. The summed E-state index contributed by atoms with van der Waals surface area (Å²) in [5.74, 6) is -0.0265. The zero-order valence-corrected chi connectivity index (χ0v) is 9.52. The number of carbonyl (C=O) groups excluding carboxylic acids is 1. The van der Waals surface area contributed by atoms with E-state index in [2.05, 4.69) is 4.98 Å². The smallest absolute Gasteiger partial charge is 0.269 e. The van der Waals surface area contributed by atoms with Gasteiger partial charge in [0.1, 0.15) is 0 Å². The summed E-state index contributed by atoms with van der Waals surface area (Å²) >= 11 is 1.29. The first-order chi connectivity index (χ1) is 8.16. The SMILES string of the molecule is O=C(Cc1ccc([N+](=O)[O-])cc1)c1cncs1. The second-order valence-electron chi connectivity index (χ2n) is 3.39. The van der Waals surface area contributed by atoms with Crippen LogP contribution >= 0.6 is 11.3 Å². The maximum Gasteiger partial charge on any atom is 0.269 e. The van der Waals surface area contributed by atoms with Gasteiger partial charge in [-0.25, -0.2) is 0 Å². The lowest BCUT2D eigenvalue weighted by Crippen LogP contribution is -2.01. The lowest BCUT2D eigenvalue weighted by Gasteiger charge is -1.98. The number of aromatic nitrogens is 1. The summed E-state index contributed by atoms with van der Waals surface area (Å²) < 4.78 is 0. The molecule has 0 amide bonds. The van der Waals surface area contributed by atoms with E-state index in [1.807, 2.05) is 0 Å². The van der Waals surface area contributed by atoms with Gasteiger partial charge in [0, 0.05) is 24.8 Å². The summed E-state index contributed by atoms with van der Waals surface area (Å²) in [5, 5.41) is 10.5. The molecule has 2 rings (SSSR count). The van der Waals surface area contributed by atoms with Crippen LogP contribution in [0.4, 0.5) is 5.69 Å². The Labute approximate surface area is 101 Å². The van der Waals surface area contributed by atoms with Gasteiger partial charge in [-0.1, -0.05) is 12.1 Å². The molecule has 0 aliphatic rings. The predicted octanol–water partition coefficient (Wildman–Crippen LogP) is 2.48. The molecule has 0 atom stereocenters. The van der Waals surface area contributed by atoms with Crippen molar-refractivity contribution in [1.29, 1.82) is 0 Å². The van der Waals surface area contributed by atoms with E-state index in [-0.39, 0.29) is 17.9 Å². The van der Waals surface area contributed by atoms with E-state index in [4.69, 9.17) is 0 Å². The van der Waals surface area contributed by atoms with Crippen LogP contribution in [0.15, 0.2) is 36.0 Å². The van der Waals surface area contributed by atoms with Crippen molar-refractivity contribution in [1.82, 2.24) is 4.98 Å². The van der Waals surface area contributed by atoms with Crippen LogP contribution in [0.5, 0.6) is 0 Å². The molecule has 5 nitrogen and oxygen atoms in total. The third-order valence-corrected chi connectivity index (χ3v) is 3.03. The Kier molecular flexibility index (Phi) is 3.24. The van der Waals surface area contributed by atoms with Gasteiger partial charge < -0.3 is 0 Å². The van der Waals surface area contributed by atoms with Crippen molar-refractivity contribution in [2.24, 2.45) is 0 Å². The molecule has 0 N–H and O–H groups in total. The van der Waals surface area contributed by atoms with Crippen LogP contribution < -0.4 is 0 Å². The van der Waals surface area contributed by atoms with Crippen molar-refractivity contribution in [3.05, 3.63) is 56.5 Å². The zero-order valence-electron chi connectivity index (χ0n) is 8.70. The molecule has 0 aliphatic carbocycles. The molecule has 1 heterocycles. The van der Waals surface area contributed by atoms with E-state index in [0.29, 0.717) is 4.88 Å². The lowest BCUT2D eigenvalue weighted by atomic mass is 10.1. The number of rotatable bonds is 4. The van der Waals surface area contributed by atoms with Gasteiger partial charge in [-0.05, 0) is 5.56 Å². The van der Waals surface area contributed by atoms with E-state index < -0.39 is 4.92 Å². The number of nitrogens with zero attached hydrogens (tertiary/aromatic N) is 2. The highest BCUT2D eigenvalue weighted by Gasteiger charge is 2.10. The molecular weight excluding hydrogens is 240 g/mol. The van der Waals surface area contributed by atoms with Gasteiger partial charge in [0.05, 0.1) is 15.3 Å². The minimum atomic E-state index is -0.464. The molecular formula is C11H8N2O3S. The van der Waals surface area contributed by atoms with Gasteiger partial charge in [0.2, 0.25) is 0 Å². The summed E-state index contributed by atoms with van der Waals surface area (Å²) in [5.41, 5.74) is 2.39. The maximum absolute atomic E-state index is 11.7. The highest BCUT2D eigenvalue weighted by molar-refractivity contribution is 7.11. The fourth-order valence-corrected chi connectivity index (χ4v) is 1.92. The first-order valence-corrected chi connectivity index (χ1v) is 5.70. The van der Waals surface area contributed by atoms with Gasteiger partial charge >= 0.3 is 0 Å². The number of nitro groups is 1. The van der Waals surface area contributed by atoms with Gasteiger partial charge in [-0.3, -0.25) is 19.9 Å². The first-order valence-electron chi connectivity index (χ1n) is 4.82. The summed E-state index contributed by atoms with van der Waals surface area (Å²) in [4.78, 5) is 26.2. The normalized spacial score (nSPS) is 10.1. The van der Waals surface area contributed by atoms with E-state index in [1.165, 1.54) is 29.7 Å². The lowest BCUT2D eigenvalue weighted by molar-refractivity contribution is -0.384. The molecule has 86 valence electrons. The van der Waals surface area contributed by atoms with E-state index >= 15 is 0 Å². The zero-order chi connectivity index (χ0) is 12.3. The van der Waals surface area contributed by atoms with Crippen LogP contribution in [0.2, 0.25) is 0 Å². The quantitative estimate of drug-likeness (QED) is 0.473. The number of non-ortho nitro benzene ring substituents is 1. The Bertz CT molecular complexity index is 534. The van der Waals surface area contributed by atoms with Crippen LogP contribution in [0, 0.1) is 10.1 Å². The van der Waals surface area contributed by atoms with Crippen LogP contribution in [0.3, 0.4) is 0 Å². The Morgan fingerprint density at radius 3 is 2.59 bits per heavy atom. The molecule has 0 saturated carbocycles. The molecule has 1 aromatic carbocycles. The Hall–Kier alpha value is -2.08. The van der Waals surface area contributed by atoms with Crippen molar-refractivity contribution >= 4 is 22.8 Å². The fraction of sp³-hybridized carbons (Fsp3) is 0.0909. The van der Waals surface area contributed by atoms with Crippen molar-refractivity contribution in [3.8, 4) is 0 Å². The first kappa shape index (κ1) is 11.4. The van der Waals surface area contributed by atoms with Crippen LogP contribution in [-0.2, 0) is 6.42 Å².